The number of carboxylic acid groups (broad SMARTS) is 1. The Morgan fingerprint density at radius 3 is 2.61 bits per heavy atom. The van der Waals surface area contributed by atoms with E-state index in [-0.39, 0.29) is 5.56 Å². The lowest BCUT2D eigenvalue weighted by Gasteiger charge is -1.99. The lowest BCUT2D eigenvalue weighted by Crippen LogP contribution is -2.04. The Morgan fingerprint density at radius 1 is 1.28 bits per heavy atom. The van der Waals surface area contributed by atoms with Crippen molar-refractivity contribution in [2.24, 2.45) is 0 Å². The van der Waals surface area contributed by atoms with E-state index in [1.54, 1.807) is 0 Å². The molecular weight excluding hydrogens is 230 g/mol. The highest BCUT2D eigenvalue weighted by Crippen LogP contribution is 2.17. The van der Waals surface area contributed by atoms with Crippen molar-refractivity contribution in [2.45, 2.75) is 26.2 Å². The highest BCUT2D eigenvalue weighted by molar-refractivity contribution is 5.89. The lowest BCUT2D eigenvalue weighted by molar-refractivity contribution is 0.0693. The van der Waals surface area contributed by atoms with Gasteiger partial charge in [-0.15, -0.1) is 0 Å². The Morgan fingerprint density at radius 2 is 2.00 bits per heavy atom. The molecule has 0 spiro atoms. The van der Waals surface area contributed by atoms with E-state index in [1.165, 1.54) is 0 Å². The van der Waals surface area contributed by atoms with Gasteiger partial charge in [-0.05, 0) is 18.4 Å². The molecule has 0 aliphatic heterocycles. The van der Waals surface area contributed by atoms with E-state index in [1.807, 2.05) is 37.3 Å². The monoisotopic (exact) mass is 245 g/mol. The summed E-state index contributed by atoms with van der Waals surface area (Å²) in [5, 5.41) is 13.0. The molecule has 2 aromatic rings. The zero-order chi connectivity index (χ0) is 13.0. The smallest absolute Gasteiger partial charge is 0.341 e. The maximum atomic E-state index is 11.2. The fourth-order valence-corrected chi connectivity index (χ4v) is 1.92. The van der Waals surface area contributed by atoms with Crippen LogP contribution in [0.1, 0.15) is 34.3 Å². The first-order valence-electron chi connectivity index (χ1n) is 5.97. The summed E-state index contributed by atoms with van der Waals surface area (Å²) in [6, 6.07) is 9.92. The number of hydrogen-bond donors (Lipinski definition) is 1. The SMILES string of the molecule is CCc1onc(CCc2ccccc2)c1C(=O)O. The van der Waals surface area contributed by atoms with Crippen LogP contribution in [0.15, 0.2) is 34.9 Å². The Labute approximate surface area is 105 Å². The molecule has 1 N–H and O–H groups in total. The van der Waals surface area contributed by atoms with Gasteiger partial charge in [0.25, 0.3) is 0 Å². The maximum Gasteiger partial charge on any atom is 0.341 e. The number of rotatable bonds is 5. The summed E-state index contributed by atoms with van der Waals surface area (Å²) in [7, 11) is 0. The molecule has 4 nitrogen and oxygen atoms in total. The van der Waals surface area contributed by atoms with E-state index in [0.717, 1.165) is 12.0 Å². The minimum atomic E-state index is -0.962. The first-order valence-corrected chi connectivity index (χ1v) is 5.97. The first kappa shape index (κ1) is 12.4. The maximum absolute atomic E-state index is 11.2. The summed E-state index contributed by atoms with van der Waals surface area (Å²) in [6.07, 6.45) is 1.88. The zero-order valence-corrected chi connectivity index (χ0v) is 10.2. The van der Waals surface area contributed by atoms with Gasteiger partial charge in [0.15, 0.2) is 5.76 Å². The Bertz CT molecular complexity index is 531. The molecule has 0 unspecified atom stereocenters. The minimum absolute atomic E-state index is 0.230. The topological polar surface area (TPSA) is 63.3 Å². The molecule has 18 heavy (non-hydrogen) atoms. The highest BCUT2D eigenvalue weighted by atomic mass is 16.5. The van der Waals surface area contributed by atoms with E-state index in [0.29, 0.717) is 24.3 Å². The molecule has 2 rings (SSSR count). The van der Waals surface area contributed by atoms with Crippen molar-refractivity contribution >= 4 is 5.97 Å². The van der Waals surface area contributed by atoms with Crippen molar-refractivity contribution in [3.63, 3.8) is 0 Å². The first-order chi connectivity index (χ1) is 8.72. The molecule has 0 saturated carbocycles. The molecule has 0 fully saturated rings. The van der Waals surface area contributed by atoms with Crippen LogP contribution in [0.3, 0.4) is 0 Å². The number of hydrogen-bond acceptors (Lipinski definition) is 3. The summed E-state index contributed by atoms with van der Waals surface area (Å²) < 4.78 is 5.06. The second-order valence-corrected chi connectivity index (χ2v) is 4.07. The van der Waals surface area contributed by atoms with Crippen LogP contribution in [0.5, 0.6) is 0 Å². The van der Waals surface area contributed by atoms with E-state index in [4.69, 9.17) is 9.63 Å². The van der Waals surface area contributed by atoms with E-state index in [2.05, 4.69) is 5.16 Å². The van der Waals surface area contributed by atoms with Crippen molar-refractivity contribution in [1.29, 1.82) is 0 Å². The number of carbonyl (C=O) groups is 1. The standard InChI is InChI=1S/C14H15NO3/c1-2-12-13(14(16)17)11(15-18-12)9-8-10-6-4-3-5-7-10/h3-7H,2,8-9H2,1H3,(H,16,17). The molecule has 1 heterocycles. The summed E-state index contributed by atoms with van der Waals surface area (Å²) in [4.78, 5) is 11.2. The number of aromatic carboxylic acids is 1. The third-order valence-electron chi connectivity index (χ3n) is 2.86. The predicted octanol–water partition coefficient (Wildman–Crippen LogP) is 2.72. The van der Waals surface area contributed by atoms with Crippen LogP contribution in [-0.2, 0) is 19.3 Å². The minimum Gasteiger partial charge on any atom is -0.477 e. The summed E-state index contributed by atoms with van der Waals surface area (Å²) in [5.74, 6) is -0.512. The Balaban J connectivity index is 2.15. The van der Waals surface area contributed by atoms with Crippen LogP contribution >= 0.6 is 0 Å². The molecule has 0 radical (unpaired) electrons. The van der Waals surface area contributed by atoms with Gasteiger partial charge in [0.1, 0.15) is 5.56 Å². The fourth-order valence-electron chi connectivity index (χ4n) is 1.92. The van der Waals surface area contributed by atoms with Crippen molar-refractivity contribution in [2.75, 3.05) is 0 Å². The van der Waals surface area contributed by atoms with Gasteiger partial charge in [-0.2, -0.15) is 0 Å². The number of carboxylic acids is 1. The van der Waals surface area contributed by atoms with Gasteiger partial charge >= 0.3 is 5.97 Å². The van der Waals surface area contributed by atoms with E-state index >= 15 is 0 Å². The molecule has 0 atom stereocenters. The molecule has 0 saturated heterocycles. The second-order valence-electron chi connectivity index (χ2n) is 4.07. The Kier molecular flexibility index (Phi) is 3.77. The van der Waals surface area contributed by atoms with Crippen LogP contribution in [0.25, 0.3) is 0 Å². The zero-order valence-electron chi connectivity index (χ0n) is 10.2. The molecule has 4 heteroatoms. The van der Waals surface area contributed by atoms with Gasteiger partial charge in [-0.1, -0.05) is 42.4 Å². The van der Waals surface area contributed by atoms with Gasteiger partial charge in [0.05, 0.1) is 5.69 Å². The van der Waals surface area contributed by atoms with Gasteiger partial charge in [0, 0.05) is 6.42 Å². The van der Waals surface area contributed by atoms with Gasteiger partial charge in [0.2, 0.25) is 0 Å². The molecular formula is C14H15NO3. The third kappa shape index (κ3) is 2.59. The summed E-state index contributed by atoms with van der Waals surface area (Å²) in [5.41, 5.74) is 1.92. The molecule has 94 valence electrons. The largest absolute Gasteiger partial charge is 0.477 e. The van der Waals surface area contributed by atoms with Crippen LogP contribution < -0.4 is 0 Å². The molecule has 1 aromatic heterocycles. The van der Waals surface area contributed by atoms with Crippen molar-refractivity contribution in [1.82, 2.24) is 5.16 Å². The van der Waals surface area contributed by atoms with Crippen LogP contribution in [0, 0.1) is 0 Å². The third-order valence-corrected chi connectivity index (χ3v) is 2.86. The average molecular weight is 245 g/mol. The normalized spacial score (nSPS) is 10.5. The molecule has 0 amide bonds. The Hall–Kier alpha value is -2.10. The predicted molar refractivity (Wildman–Crippen MR) is 66.7 cm³/mol. The van der Waals surface area contributed by atoms with Gasteiger partial charge in [-0.25, -0.2) is 4.79 Å². The van der Waals surface area contributed by atoms with E-state index in [9.17, 15) is 4.79 Å². The second kappa shape index (κ2) is 5.49. The van der Waals surface area contributed by atoms with Crippen LogP contribution in [0.4, 0.5) is 0 Å². The molecule has 0 bridgehead atoms. The van der Waals surface area contributed by atoms with Crippen molar-refractivity contribution < 1.29 is 14.4 Å². The molecule has 0 aliphatic rings. The summed E-state index contributed by atoms with van der Waals surface area (Å²) in [6.45, 7) is 1.86. The molecule has 1 aromatic carbocycles. The van der Waals surface area contributed by atoms with Gasteiger partial charge in [-0.3, -0.25) is 0 Å². The van der Waals surface area contributed by atoms with Crippen molar-refractivity contribution in [3.05, 3.63) is 52.9 Å². The number of aryl methyl sites for hydroxylation is 3. The quantitative estimate of drug-likeness (QED) is 0.879. The molecule has 0 aliphatic carbocycles. The number of nitrogens with zero attached hydrogens (tertiary/aromatic N) is 1. The lowest BCUT2D eigenvalue weighted by atomic mass is 10.0. The van der Waals surface area contributed by atoms with Crippen molar-refractivity contribution in [3.8, 4) is 0 Å². The van der Waals surface area contributed by atoms with Crippen LogP contribution in [0.2, 0.25) is 0 Å². The van der Waals surface area contributed by atoms with Crippen LogP contribution in [-0.4, -0.2) is 16.2 Å². The fraction of sp³-hybridized carbons (Fsp3) is 0.286. The van der Waals surface area contributed by atoms with E-state index < -0.39 is 5.97 Å². The highest BCUT2D eigenvalue weighted by Gasteiger charge is 2.20. The number of aromatic nitrogens is 1. The summed E-state index contributed by atoms with van der Waals surface area (Å²) >= 11 is 0. The van der Waals surface area contributed by atoms with Gasteiger partial charge < -0.3 is 9.63 Å². The average Bonchev–Trinajstić information content (AvgIpc) is 2.80. The number of benzene rings is 1.